The minimum atomic E-state index is -0.569. The molecule has 0 unspecified atom stereocenters. The molecule has 0 spiro atoms. The largest absolute Gasteiger partial charge is 0.444 e. The number of nitrogens with zero attached hydrogens (tertiary/aromatic N) is 3. The van der Waals surface area contributed by atoms with Gasteiger partial charge in [0.1, 0.15) is 11.4 Å². The maximum absolute atomic E-state index is 12.1. The standard InChI is InChI=1S/C26H32N6O3S/c1-26(2,3)35-25(33)30-20-7-5-6-19(16-20)28-23-22(36-4)17-27-24(31-23)29-18-8-10-21(11-9-18)32-12-14-34-15-13-32/h5-11,16-17H,12-15H2,1-4H3,(H,30,33)(H2,27,28,29,31). The molecule has 3 N–H and O–H groups in total. The quantitative estimate of drug-likeness (QED) is 0.338. The van der Waals surface area contributed by atoms with Gasteiger partial charge in [-0.1, -0.05) is 6.07 Å². The van der Waals surface area contributed by atoms with Gasteiger partial charge in [0.25, 0.3) is 0 Å². The van der Waals surface area contributed by atoms with Crippen molar-refractivity contribution in [2.45, 2.75) is 31.3 Å². The Balaban J connectivity index is 1.45. The van der Waals surface area contributed by atoms with Crippen LogP contribution in [0.4, 0.5) is 39.3 Å². The summed E-state index contributed by atoms with van der Waals surface area (Å²) in [6, 6.07) is 15.6. The van der Waals surface area contributed by atoms with Gasteiger partial charge in [-0.25, -0.2) is 9.78 Å². The van der Waals surface area contributed by atoms with Crippen molar-refractivity contribution in [3.8, 4) is 0 Å². The fourth-order valence-electron chi connectivity index (χ4n) is 3.61. The van der Waals surface area contributed by atoms with Crippen LogP contribution < -0.4 is 20.9 Å². The van der Waals surface area contributed by atoms with Crippen LogP contribution in [-0.2, 0) is 9.47 Å². The highest BCUT2D eigenvalue weighted by Gasteiger charge is 2.16. The average Bonchev–Trinajstić information content (AvgIpc) is 2.84. The molecule has 3 aromatic rings. The number of hydrogen-bond acceptors (Lipinski definition) is 9. The number of carbonyl (C=O) groups is 1. The Kier molecular flexibility index (Phi) is 8.17. The van der Waals surface area contributed by atoms with Gasteiger partial charge in [-0.2, -0.15) is 4.98 Å². The molecule has 1 aliphatic rings. The summed E-state index contributed by atoms with van der Waals surface area (Å²) in [7, 11) is 0. The number of rotatable bonds is 7. The van der Waals surface area contributed by atoms with Crippen LogP contribution in [0.25, 0.3) is 0 Å². The Morgan fingerprint density at radius 3 is 2.44 bits per heavy atom. The third kappa shape index (κ3) is 7.25. The molecule has 36 heavy (non-hydrogen) atoms. The molecule has 0 saturated carbocycles. The summed E-state index contributed by atoms with van der Waals surface area (Å²) in [5.41, 5.74) is 2.90. The van der Waals surface area contributed by atoms with Crippen molar-refractivity contribution in [3.63, 3.8) is 0 Å². The predicted octanol–water partition coefficient (Wildman–Crippen LogP) is 5.87. The van der Waals surface area contributed by atoms with E-state index >= 15 is 0 Å². The fraction of sp³-hybridized carbons (Fsp3) is 0.346. The minimum absolute atomic E-state index is 0.484. The second-order valence-electron chi connectivity index (χ2n) is 9.21. The van der Waals surface area contributed by atoms with Crippen LogP contribution in [0, 0.1) is 0 Å². The predicted molar refractivity (Wildman–Crippen MR) is 146 cm³/mol. The molecular weight excluding hydrogens is 476 g/mol. The Morgan fingerprint density at radius 1 is 1.03 bits per heavy atom. The average molecular weight is 509 g/mol. The van der Waals surface area contributed by atoms with Crippen LogP contribution in [-0.4, -0.2) is 54.2 Å². The Hall–Kier alpha value is -3.50. The number of aromatic nitrogens is 2. The number of benzene rings is 2. The first-order valence-electron chi connectivity index (χ1n) is 11.8. The van der Waals surface area contributed by atoms with Crippen LogP contribution in [0.3, 0.4) is 0 Å². The van der Waals surface area contributed by atoms with Crippen LogP contribution in [0.2, 0.25) is 0 Å². The fourth-order valence-corrected chi connectivity index (χ4v) is 4.06. The summed E-state index contributed by atoms with van der Waals surface area (Å²) < 4.78 is 10.8. The molecule has 1 aliphatic heterocycles. The van der Waals surface area contributed by atoms with E-state index in [2.05, 4.69) is 38.0 Å². The molecule has 0 atom stereocenters. The van der Waals surface area contributed by atoms with E-state index in [9.17, 15) is 4.79 Å². The van der Waals surface area contributed by atoms with E-state index in [0.717, 1.165) is 42.6 Å². The Morgan fingerprint density at radius 2 is 1.75 bits per heavy atom. The van der Waals surface area contributed by atoms with E-state index in [1.54, 1.807) is 24.0 Å². The second-order valence-corrected chi connectivity index (χ2v) is 10.1. The topological polar surface area (TPSA) is 101 Å². The smallest absolute Gasteiger partial charge is 0.412 e. The Labute approximate surface area is 216 Å². The molecule has 10 heteroatoms. The molecular formula is C26H32N6O3S. The number of amides is 1. The first kappa shape index (κ1) is 25.6. The van der Waals surface area contributed by atoms with Gasteiger partial charge >= 0.3 is 6.09 Å². The number of carbonyl (C=O) groups excluding carboxylic acids is 1. The van der Waals surface area contributed by atoms with Crippen LogP contribution in [0.1, 0.15) is 20.8 Å². The molecule has 4 rings (SSSR count). The van der Waals surface area contributed by atoms with Gasteiger partial charge in [0.05, 0.1) is 18.1 Å². The summed E-state index contributed by atoms with van der Waals surface area (Å²) in [4.78, 5) is 24.5. The first-order valence-corrected chi connectivity index (χ1v) is 13.0. The van der Waals surface area contributed by atoms with Gasteiger partial charge in [-0.05, 0) is 69.5 Å². The lowest BCUT2D eigenvalue weighted by Crippen LogP contribution is -2.36. The highest BCUT2D eigenvalue weighted by molar-refractivity contribution is 7.98. The molecule has 190 valence electrons. The van der Waals surface area contributed by atoms with Crippen molar-refractivity contribution in [1.82, 2.24) is 9.97 Å². The summed E-state index contributed by atoms with van der Waals surface area (Å²) >= 11 is 1.55. The molecule has 1 aromatic heterocycles. The zero-order chi connectivity index (χ0) is 25.5. The number of hydrogen-bond donors (Lipinski definition) is 3. The van der Waals surface area contributed by atoms with E-state index in [4.69, 9.17) is 14.5 Å². The van der Waals surface area contributed by atoms with Gasteiger partial charge in [-0.15, -0.1) is 11.8 Å². The Bertz CT molecular complexity index is 1180. The second kappa shape index (κ2) is 11.5. The van der Waals surface area contributed by atoms with Crippen LogP contribution >= 0.6 is 11.8 Å². The monoisotopic (exact) mass is 508 g/mol. The van der Waals surface area contributed by atoms with Crippen LogP contribution in [0.15, 0.2) is 59.6 Å². The van der Waals surface area contributed by atoms with E-state index in [-0.39, 0.29) is 0 Å². The third-order valence-corrected chi connectivity index (χ3v) is 5.98. The zero-order valence-electron chi connectivity index (χ0n) is 21.0. The molecule has 0 bridgehead atoms. The maximum atomic E-state index is 12.1. The summed E-state index contributed by atoms with van der Waals surface area (Å²) in [6.45, 7) is 8.79. The van der Waals surface area contributed by atoms with Gasteiger partial charge in [0, 0.05) is 42.0 Å². The number of anilines is 6. The van der Waals surface area contributed by atoms with Gasteiger partial charge in [0.2, 0.25) is 5.95 Å². The SMILES string of the molecule is CSc1cnc(Nc2ccc(N3CCOCC3)cc2)nc1Nc1cccc(NC(=O)OC(C)(C)C)c1. The molecule has 0 aliphatic carbocycles. The lowest BCUT2D eigenvalue weighted by molar-refractivity contribution is 0.0636. The summed E-state index contributed by atoms with van der Waals surface area (Å²) in [6.07, 6.45) is 3.26. The normalized spacial score (nSPS) is 13.7. The van der Waals surface area contributed by atoms with Crippen molar-refractivity contribution in [3.05, 3.63) is 54.7 Å². The summed E-state index contributed by atoms with van der Waals surface area (Å²) in [5, 5.41) is 9.39. The van der Waals surface area contributed by atoms with Crippen molar-refractivity contribution in [2.75, 3.05) is 53.4 Å². The number of nitrogens with one attached hydrogen (secondary N) is 3. The minimum Gasteiger partial charge on any atom is -0.444 e. The summed E-state index contributed by atoms with van der Waals surface area (Å²) in [5.74, 6) is 1.15. The number of morpholine rings is 1. The van der Waals surface area contributed by atoms with Gasteiger partial charge < -0.3 is 25.0 Å². The highest BCUT2D eigenvalue weighted by Crippen LogP contribution is 2.29. The number of thioether (sulfide) groups is 1. The lowest BCUT2D eigenvalue weighted by Gasteiger charge is -2.28. The van der Waals surface area contributed by atoms with Crippen molar-refractivity contribution < 1.29 is 14.3 Å². The van der Waals surface area contributed by atoms with Crippen molar-refractivity contribution in [2.24, 2.45) is 0 Å². The van der Waals surface area contributed by atoms with Crippen molar-refractivity contribution in [1.29, 1.82) is 0 Å². The lowest BCUT2D eigenvalue weighted by atomic mass is 10.2. The first-order chi connectivity index (χ1) is 17.3. The van der Waals surface area contributed by atoms with Crippen molar-refractivity contribution >= 4 is 52.4 Å². The molecule has 9 nitrogen and oxygen atoms in total. The third-order valence-electron chi connectivity index (χ3n) is 5.25. The molecule has 1 saturated heterocycles. The molecule has 2 heterocycles. The molecule has 1 amide bonds. The van der Waals surface area contributed by atoms with E-state index < -0.39 is 11.7 Å². The zero-order valence-corrected chi connectivity index (χ0v) is 21.8. The van der Waals surface area contributed by atoms with Gasteiger partial charge in [-0.3, -0.25) is 5.32 Å². The van der Waals surface area contributed by atoms with Gasteiger partial charge in [0.15, 0.2) is 0 Å². The van der Waals surface area contributed by atoms with E-state index in [1.807, 2.05) is 57.4 Å². The van der Waals surface area contributed by atoms with E-state index in [1.165, 1.54) is 5.69 Å². The number of ether oxygens (including phenoxy) is 2. The van der Waals surface area contributed by atoms with Crippen LogP contribution in [0.5, 0.6) is 0 Å². The molecule has 2 aromatic carbocycles. The molecule has 0 radical (unpaired) electrons. The van der Waals surface area contributed by atoms with E-state index in [0.29, 0.717) is 17.5 Å². The highest BCUT2D eigenvalue weighted by atomic mass is 32.2. The molecule has 1 fully saturated rings. The maximum Gasteiger partial charge on any atom is 0.412 e.